The number of benzene rings is 1. The fourth-order valence-corrected chi connectivity index (χ4v) is 5.33. The van der Waals surface area contributed by atoms with Gasteiger partial charge in [-0.2, -0.15) is 5.26 Å². The lowest BCUT2D eigenvalue weighted by Gasteiger charge is -2.32. The second kappa shape index (κ2) is 10.8. The number of aromatic amines is 1. The van der Waals surface area contributed by atoms with Gasteiger partial charge in [-0.25, -0.2) is 9.78 Å². The number of thiazole rings is 1. The summed E-state index contributed by atoms with van der Waals surface area (Å²) in [4.78, 5) is 49.5. The Morgan fingerprint density at radius 1 is 1.16 bits per heavy atom. The second-order valence-corrected chi connectivity index (χ2v) is 9.49. The first-order chi connectivity index (χ1) is 18.2. The molecular formula is C27H25N5O5S. The van der Waals surface area contributed by atoms with E-state index in [4.69, 9.17) is 9.47 Å². The molecule has 0 saturated heterocycles. The van der Waals surface area contributed by atoms with Crippen LogP contribution >= 0.6 is 11.3 Å². The molecule has 1 aliphatic rings. The summed E-state index contributed by atoms with van der Waals surface area (Å²) < 4.78 is 10.1. The zero-order chi connectivity index (χ0) is 27.6. The molecule has 0 bridgehead atoms. The van der Waals surface area contributed by atoms with Gasteiger partial charge in [0.15, 0.2) is 5.13 Å². The Labute approximate surface area is 222 Å². The average Bonchev–Trinajstić information content (AvgIpc) is 3.36. The Kier molecular flexibility index (Phi) is 7.55. The van der Waals surface area contributed by atoms with Crippen molar-refractivity contribution in [3.63, 3.8) is 0 Å². The van der Waals surface area contributed by atoms with Crippen LogP contribution in [0.25, 0.3) is 11.3 Å². The van der Waals surface area contributed by atoms with Crippen LogP contribution in [-0.2, 0) is 19.1 Å². The number of H-pyrrole nitrogens is 1. The first kappa shape index (κ1) is 26.5. The lowest BCUT2D eigenvalue weighted by molar-refractivity contribution is -0.143. The molecule has 2 aromatic heterocycles. The number of aliphatic imine (C=N–C) groups is 1. The van der Waals surface area contributed by atoms with E-state index in [-0.39, 0.29) is 11.1 Å². The molecule has 1 aromatic carbocycles. The number of nitriles is 1. The molecule has 3 aromatic rings. The van der Waals surface area contributed by atoms with E-state index < -0.39 is 29.3 Å². The average molecular weight is 532 g/mol. The van der Waals surface area contributed by atoms with Gasteiger partial charge < -0.3 is 19.8 Å². The van der Waals surface area contributed by atoms with Crippen LogP contribution in [0, 0.1) is 24.2 Å². The third-order valence-electron chi connectivity index (χ3n) is 6.37. The van der Waals surface area contributed by atoms with Crippen molar-refractivity contribution in [3.05, 3.63) is 74.2 Å². The van der Waals surface area contributed by atoms with Gasteiger partial charge in [-0.05, 0) is 38.5 Å². The minimum absolute atomic E-state index is 0.000800. The number of aryl methyl sites for hydroxylation is 1. The first-order valence-corrected chi connectivity index (χ1v) is 12.5. The van der Waals surface area contributed by atoms with Gasteiger partial charge >= 0.3 is 11.9 Å². The van der Waals surface area contributed by atoms with Crippen LogP contribution in [0.5, 0.6) is 0 Å². The number of nitrogens with one attached hydrogen (secondary N) is 2. The van der Waals surface area contributed by atoms with Crippen LogP contribution in [-0.4, -0.2) is 41.8 Å². The van der Waals surface area contributed by atoms with E-state index in [1.165, 1.54) is 31.6 Å². The normalized spacial score (nSPS) is 16.9. The molecule has 0 radical (unpaired) electrons. The van der Waals surface area contributed by atoms with E-state index >= 15 is 0 Å². The summed E-state index contributed by atoms with van der Waals surface area (Å²) in [6, 6.07) is 10.7. The van der Waals surface area contributed by atoms with Gasteiger partial charge in [-0.15, -0.1) is 11.3 Å². The maximum Gasteiger partial charge on any atom is 0.336 e. The molecule has 2 N–H and O–H groups in total. The van der Waals surface area contributed by atoms with Crippen LogP contribution in [0.15, 0.2) is 56.8 Å². The van der Waals surface area contributed by atoms with Crippen molar-refractivity contribution in [1.29, 1.82) is 5.26 Å². The number of pyridine rings is 1. The van der Waals surface area contributed by atoms with E-state index in [2.05, 4.69) is 20.3 Å². The van der Waals surface area contributed by atoms with E-state index in [0.717, 1.165) is 0 Å². The van der Waals surface area contributed by atoms with E-state index in [1.807, 2.05) is 35.7 Å². The molecule has 4 rings (SSSR count). The van der Waals surface area contributed by atoms with Crippen LogP contribution in [0.3, 0.4) is 0 Å². The molecule has 10 nitrogen and oxygen atoms in total. The molecule has 3 heterocycles. The number of hydrogen-bond acceptors (Lipinski definition) is 10. The number of nitrogens with zero attached hydrogens (tertiary/aromatic N) is 3. The number of ether oxygens (including phenoxy) is 2. The Morgan fingerprint density at radius 2 is 1.89 bits per heavy atom. The molecule has 194 valence electrons. The number of allylic oxidation sites excluding steroid dienone is 1. The van der Waals surface area contributed by atoms with Crippen molar-refractivity contribution in [2.45, 2.75) is 26.7 Å². The third-order valence-corrected chi connectivity index (χ3v) is 7.12. The monoisotopic (exact) mass is 531 g/mol. The second-order valence-electron chi connectivity index (χ2n) is 8.64. The van der Waals surface area contributed by atoms with Gasteiger partial charge in [0, 0.05) is 39.7 Å². The lowest BCUT2D eigenvalue weighted by atomic mass is 9.75. The Morgan fingerprint density at radius 3 is 2.58 bits per heavy atom. The largest absolute Gasteiger partial charge is 0.468 e. The highest BCUT2D eigenvalue weighted by Crippen LogP contribution is 2.43. The molecule has 0 spiro atoms. The van der Waals surface area contributed by atoms with Gasteiger partial charge in [0.2, 0.25) is 0 Å². The first-order valence-electron chi connectivity index (χ1n) is 11.6. The molecule has 0 amide bonds. The zero-order valence-corrected chi connectivity index (χ0v) is 22.2. The van der Waals surface area contributed by atoms with Gasteiger partial charge in [0.1, 0.15) is 17.6 Å². The van der Waals surface area contributed by atoms with Crippen molar-refractivity contribution in [1.82, 2.24) is 9.97 Å². The van der Waals surface area contributed by atoms with Gasteiger partial charge in [-0.1, -0.05) is 18.2 Å². The van der Waals surface area contributed by atoms with E-state index in [0.29, 0.717) is 44.7 Å². The van der Waals surface area contributed by atoms with Crippen LogP contribution in [0.4, 0.5) is 10.8 Å². The molecular weight excluding hydrogens is 506 g/mol. The maximum atomic E-state index is 12.9. The van der Waals surface area contributed by atoms with Crippen molar-refractivity contribution in [2.75, 3.05) is 19.5 Å². The smallest absolute Gasteiger partial charge is 0.336 e. The highest BCUT2D eigenvalue weighted by Gasteiger charge is 2.43. The maximum absolute atomic E-state index is 12.9. The molecule has 0 aliphatic carbocycles. The summed E-state index contributed by atoms with van der Waals surface area (Å²) in [6.45, 7) is 5.18. The predicted octanol–water partition coefficient (Wildman–Crippen LogP) is 4.22. The highest BCUT2D eigenvalue weighted by molar-refractivity contribution is 7.14. The molecule has 38 heavy (non-hydrogen) atoms. The third kappa shape index (κ3) is 4.86. The molecule has 11 heteroatoms. The van der Waals surface area contributed by atoms with E-state index in [9.17, 15) is 19.6 Å². The number of para-hydroxylation sites is 1. The Hall–Kier alpha value is -4.56. The lowest BCUT2D eigenvalue weighted by Crippen LogP contribution is -2.36. The Balaban J connectivity index is 1.78. The number of methoxy groups -OCH3 is 2. The standard InChI is InChI=1S/C27H25N5O5S/c1-13-18(10-16(11-28)24(33)30-13)20-12-38-27(32-20)31-19-9-7-6-8-17(19)23-21(25(34)36-4)14(2)29-15(3)22(23)26(35)37-5/h6-10,12,21,23H,1-5H3,(H,30,33)(H,31,32). The summed E-state index contributed by atoms with van der Waals surface area (Å²) >= 11 is 1.33. The van der Waals surface area contributed by atoms with E-state index in [1.54, 1.807) is 20.8 Å². The minimum atomic E-state index is -0.833. The molecule has 0 fully saturated rings. The van der Waals surface area contributed by atoms with Crippen LogP contribution < -0.4 is 10.9 Å². The summed E-state index contributed by atoms with van der Waals surface area (Å²) in [7, 11) is 2.59. The van der Waals surface area contributed by atoms with Crippen molar-refractivity contribution >= 4 is 39.8 Å². The quantitative estimate of drug-likeness (QED) is 0.450. The highest BCUT2D eigenvalue weighted by atomic mass is 32.1. The molecule has 2 unspecified atom stereocenters. The summed E-state index contributed by atoms with van der Waals surface area (Å²) in [6.07, 6.45) is 0. The summed E-state index contributed by atoms with van der Waals surface area (Å²) in [5, 5.41) is 14.9. The number of aromatic nitrogens is 2. The number of carbonyl (C=O) groups is 2. The summed E-state index contributed by atoms with van der Waals surface area (Å²) in [5.74, 6) is -2.64. The number of carbonyl (C=O) groups excluding carboxylic acids is 2. The zero-order valence-electron chi connectivity index (χ0n) is 21.4. The van der Waals surface area contributed by atoms with Crippen LogP contribution in [0.1, 0.15) is 36.6 Å². The summed E-state index contributed by atoms with van der Waals surface area (Å²) in [5.41, 5.74) is 3.92. The molecule has 2 atom stereocenters. The van der Waals surface area contributed by atoms with Crippen LogP contribution in [0.2, 0.25) is 0 Å². The van der Waals surface area contributed by atoms with Crippen molar-refractivity contribution in [3.8, 4) is 17.3 Å². The van der Waals surface area contributed by atoms with Gasteiger partial charge in [-0.3, -0.25) is 14.6 Å². The fraction of sp³-hybridized carbons (Fsp3) is 0.259. The van der Waals surface area contributed by atoms with Crippen molar-refractivity contribution in [2.24, 2.45) is 10.9 Å². The number of esters is 2. The fourth-order valence-electron chi connectivity index (χ4n) is 4.60. The van der Waals surface area contributed by atoms with Crippen molar-refractivity contribution < 1.29 is 19.1 Å². The molecule has 0 saturated carbocycles. The van der Waals surface area contributed by atoms with Gasteiger partial charge in [0.25, 0.3) is 5.56 Å². The Bertz CT molecular complexity index is 1590. The topological polar surface area (TPSA) is 147 Å². The number of hydrogen-bond donors (Lipinski definition) is 2. The SMILES string of the molecule is COC(=O)C1=C(C)N=C(C)C(C(=O)OC)C1c1ccccc1Nc1nc(-c2cc(C#N)c(=O)[nH]c2C)cs1. The minimum Gasteiger partial charge on any atom is -0.468 e. The number of rotatable bonds is 6. The number of anilines is 2. The predicted molar refractivity (Wildman–Crippen MR) is 143 cm³/mol. The molecule has 1 aliphatic heterocycles. The van der Waals surface area contributed by atoms with Gasteiger partial charge in [0.05, 0.1) is 25.5 Å².